The number of hydrogen-bond acceptors (Lipinski definition) is 4. The number of nitrogens with zero attached hydrogens (tertiary/aromatic N) is 3. The van der Waals surface area contributed by atoms with Crippen molar-refractivity contribution in [1.29, 1.82) is 0 Å². The van der Waals surface area contributed by atoms with Gasteiger partial charge in [0, 0.05) is 30.5 Å². The summed E-state index contributed by atoms with van der Waals surface area (Å²) < 4.78 is 7.67. The lowest BCUT2D eigenvalue weighted by Crippen LogP contribution is -2.44. The van der Waals surface area contributed by atoms with Crippen LogP contribution in [0.4, 0.5) is 5.82 Å². The van der Waals surface area contributed by atoms with Crippen LogP contribution in [0.1, 0.15) is 69.3 Å². The van der Waals surface area contributed by atoms with Gasteiger partial charge in [-0.25, -0.2) is 4.68 Å². The van der Waals surface area contributed by atoms with E-state index in [2.05, 4.69) is 18.9 Å². The molecule has 150 valence electrons. The molecule has 0 radical (unpaired) electrons. The second kappa shape index (κ2) is 9.04. The minimum atomic E-state index is 0.132. The van der Waals surface area contributed by atoms with Gasteiger partial charge in [-0.15, -0.1) is 0 Å². The van der Waals surface area contributed by atoms with Crippen molar-refractivity contribution in [3.05, 3.63) is 42.1 Å². The molecular weight excluding hydrogens is 354 g/mol. The van der Waals surface area contributed by atoms with Gasteiger partial charge >= 0.3 is 0 Å². The van der Waals surface area contributed by atoms with Gasteiger partial charge in [0.2, 0.25) is 5.91 Å². The van der Waals surface area contributed by atoms with Gasteiger partial charge in [0.1, 0.15) is 11.6 Å². The molecule has 1 amide bonds. The number of ketones is 1. The number of aromatic nitrogens is 2. The number of benzene rings is 1. The van der Waals surface area contributed by atoms with E-state index in [1.54, 1.807) is 18.3 Å². The van der Waals surface area contributed by atoms with Gasteiger partial charge in [-0.1, -0.05) is 6.92 Å². The Morgan fingerprint density at radius 1 is 1.11 bits per heavy atom. The Morgan fingerprint density at radius 2 is 1.86 bits per heavy atom. The summed E-state index contributed by atoms with van der Waals surface area (Å²) in [6.07, 6.45) is 5.26. The summed E-state index contributed by atoms with van der Waals surface area (Å²) in [5, 5.41) is 4.35. The first-order valence-corrected chi connectivity index (χ1v) is 10.1. The molecule has 1 aliphatic rings. The highest BCUT2D eigenvalue weighted by Gasteiger charge is 2.31. The minimum absolute atomic E-state index is 0.132. The van der Waals surface area contributed by atoms with Crippen LogP contribution >= 0.6 is 0 Å². The van der Waals surface area contributed by atoms with E-state index in [9.17, 15) is 9.59 Å². The molecule has 1 aromatic carbocycles. The lowest BCUT2D eigenvalue weighted by atomic mass is 10.0. The Kier molecular flexibility index (Phi) is 6.49. The molecular formula is C22H29N3O3. The Balaban J connectivity index is 1.44. The number of amides is 1. The number of carbonyl (C=O) groups is 2. The summed E-state index contributed by atoms with van der Waals surface area (Å²) in [6, 6.07) is 9.67. The number of carbonyl (C=O) groups excluding carboxylic acids is 2. The molecule has 0 aliphatic carbocycles. The van der Waals surface area contributed by atoms with Crippen LogP contribution in [0.25, 0.3) is 0 Å². The number of fused-ring (bicyclic) bond motifs is 1. The molecule has 0 saturated heterocycles. The van der Waals surface area contributed by atoms with Gasteiger partial charge in [-0.3, -0.25) is 14.5 Å². The molecule has 2 atom stereocenters. The summed E-state index contributed by atoms with van der Waals surface area (Å²) in [6.45, 7) is 6.64. The molecule has 0 spiro atoms. The zero-order chi connectivity index (χ0) is 20.1. The summed E-state index contributed by atoms with van der Waals surface area (Å²) in [5.74, 6) is 1.92. The molecule has 0 unspecified atom stereocenters. The molecule has 3 rings (SSSR count). The fraction of sp³-hybridized carbons (Fsp3) is 0.500. The van der Waals surface area contributed by atoms with E-state index in [1.807, 2.05) is 34.7 Å². The van der Waals surface area contributed by atoms with Crippen LogP contribution < -0.4 is 9.64 Å². The fourth-order valence-corrected chi connectivity index (χ4v) is 3.77. The third kappa shape index (κ3) is 4.43. The van der Waals surface area contributed by atoms with E-state index < -0.39 is 0 Å². The average Bonchev–Trinajstić information content (AvgIpc) is 3.17. The van der Waals surface area contributed by atoms with Crippen molar-refractivity contribution in [1.82, 2.24) is 9.78 Å². The number of ether oxygens (including phenoxy) is 1. The van der Waals surface area contributed by atoms with Crippen LogP contribution in [0, 0.1) is 0 Å². The van der Waals surface area contributed by atoms with Crippen LogP contribution in [0.15, 0.2) is 36.5 Å². The molecule has 2 heterocycles. The molecule has 2 aromatic rings. The summed E-state index contributed by atoms with van der Waals surface area (Å²) >= 11 is 0. The van der Waals surface area contributed by atoms with Gasteiger partial charge < -0.3 is 4.74 Å². The molecule has 6 heteroatoms. The van der Waals surface area contributed by atoms with Crippen LogP contribution in [0.3, 0.4) is 0 Å². The topological polar surface area (TPSA) is 64.4 Å². The Hall–Kier alpha value is -2.63. The number of anilines is 1. The van der Waals surface area contributed by atoms with Crippen LogP contribution in [-0.2, 0) is 4.79 Å². The highest BCUT2D eigenvalue weighted by Crippen LogP contribution is 2.31. The molecule has 0 bridgehead atoms. The lowest BCUT2D eigenvalue weighted by Gasteiger charge is -2.37. The van der Waals surface area contributed by atoms with Crippen molar-refractivity contribution in [2.24, 2.45) is 0 Å². The highest BCUT2D eigenvalue weighted by molar-refractivity contribution is 5.96. The molecule has 1 aliphatic heterocycles. The van der Waals surface area contributed by atoms with E-state index in [0.717, 1.165) is 30.8 Å². The smallest absolute Gasteiger partial charge is 0.228 e. The average molecular weight is 383 g/mol. The third-order valence-electron chi connectivity index (χ3n) is 5.26. The first-order chi connectivity index (χ1) is 13.5. The number of Topliss-reactive ketones (excluding diaryl/α,β-unsaturated/α-hetero) is 1. The molecule has 6 nitrogen and oxygen atoms in total. The van der Waals surface area contributed by atoms with Crippen molar-refractivity contribution >= 4 is 17.5 Å². The van der Waals surface area contributed by atoms with Crippen molar-refractivity contribution in [2.75, 3.05) is 11.5 Å². The molecule has 28 heavy (non-hydrogen) atoms. The van der Waals surface area contributed by atoms with Crippen molar-refractivity contribution in [2.45, 2.75) is 65.0 Å². The maximum absolute atomic E-state index is 12.8. The molecule has 0 saturated carbocycles. The SMILES string of the molecule is CCC(=O)c1ccc(OCCCCC(=O)N2c3ccnn3[C@H](C)C[C@@H]2C)cc1. The quantitative estimate of drug-likeness (QED) is 0.500. The number of hydrogen-bond donors (Lipinski definition) is 0. The Bertz CT molecular complexity index is 813. The third-order valence-corrected chi connectivity index (χ3v) is 5.26. The summed E-state index contributed by atoms with van der Waals surface area (Å²) in [5.41, 5.74) is 0.713. The van der Waals surface area contributed by atoms with E-state index in [0.29, 0.717) is 31.1 Å². The van der Waals surface area contributed by atoms with Crippen molar-refractivity contribution < 1.29 is 14.3 Å². The highest BCUT2D eigenvalue weighted by atomic mass is 16.5. The minimum Gasteiger partial charge on any atom is -0.494 e. The number of unbranched alkanes of at least 4 members (excludes halogenated alkanes) is 1. The lowest BCUT2D eigenvalue weighted by molar-refractivity contribution is -0.119. The molecule has 0 N–H and O–H groups in total. The second-order valence-electron chi connectivity index (χ2n) is 7.44. The molecule has 1 aromatic heterocycles. The maximum Gasteiger partial charge on any atom is 0.228 e. The standard InChI is InChI=1S/C22H29N3O3/c1-4-20(26)18-8-10-19(11-9-18)28-14-6-5-7-22(27)24-16(2)15-17(3)25-21(24)12-13-23-25/h8-13,16-17H,4-7,14-15H2,1-3H3/t16-,17+/m0/s1. The van der Waals surface area contributed by atoms with Crippen molar-refractivity contribution in [3.63, 3.8) is 0 Å². The Morgan fingerprint density at radius 3 is 2.57 bits per heavy atom. The first kappa shape index (κ1) is 20.1. The molecule has 0 fully saturated rings. The van der Waals surface area contributed by atoms with Gasteiger partial charge in [0.25, 0.3) is 0 Å². The fourth-order valence-electron chi connectivity index (χ4n) is 3.77. The van der Waals surface area contributed by atoms with E-state index in [4.69, 9.17) is 4.74 Å². The van der Waals surface area contributed by atoms with Gasteiger partial charge in [0.15, 0.2) is 5.78 Å². The zero-order valence-corrected chi connectivity index (χ0v) is 16.9. The summed E-state index contributed by atoms with van der Waals surface area (Å²) in [4.78, 5) is 26.3. The summed E-state index contributed by atoms with van der Waals surface area (Å²) in [7, 11) is 0. The normalized spacial score (nSPS) is 18.6. The van der Waals surface area contributed by atoms with E-state index in [-0.39, 0.29) is 17.7 Å². The van der Waals surface area contributed by atoms with E-state index >= 15 is 0 Å². The van der Waals surface area contributed by atoms with Gasteiger partial charge in [-0.2, -0.15) is 5.10 Å². The van der Waals surface area contributed by atoms with Crippen molar-refractivity contribution in [3.8, 4) is 5.75 Å². The first-order valence-electron chi connectivity index (χ1n) is 10.1. The van der Waals surface area contributed by atoms with Crippen LogP contribution in [0.5, 0.6) is 5.75 Å². The largest absolute Gasteiger partial charge is 0.494 e. The van der Waals surface area contributed by atoms with Crippen LogP contribution in [0.2, 0.25) is 0 Å². The zero-order valence-electron chi connectivity index (χ0n) is 16.9. The van der Waals surface area contributed by atoms with E-state index in [1.165, 1.54) is 0 Å². The van der Waals surface area contributed by atoms with Gasteiger partial charge in [0.05, 0.1) is 18.8 Å². The monoisotopic (exact) mass is 383 g/mol. The van der Waals surface area contributed by atoms with Crippen LogP contribution in [-0.4, -0.2) is 34.1 Å². The predicted octanol–water partition coefficient (Wildman–Crippen LogP) is 4.41. The number of rotatable bonds is 8. The predicted molar refractivity (Wildman–Crippen MR) is 109 cm³/mol. The second-order valence-corrected chi connectivity index (χ2v) is 7.44. The van der Waals surface area contributed by atoms with Gasteiger partial charge in [-0.05, 0) is 57.4 Å². The Labute approximate surface area is 166 Å². The maximum atomic E-state index is 12.8.